The first-order valence-electron chi connectivity index (χ1n) is 9.67. The molecule has 0 spiro atoms. The first kappa shape index (κ1) is 20.5. The van der Waals surface area contributed by atoms with Crippen LogP contribution in [0.4, 0.5) is 10.8 Å². The second-order valence-electron chi connectivity index (χ2n) is 7.48. The molecule has 0 radical (unpaired) electrons. The van der Waals surface area contributed by atoms with Crippen LogP contribution in [0, 0.1) is 27.7 Å². The largest absolute Gasteiger partial charge is 0.324 e. The van der Waals surface area contributed by atoms with E-state index in [1.165, 1.54) is 11.3 Å². The molecule has 1 aromatic heterocycles. The van der Waals surface area contributed by atoms with E-state index in [1.54, 1.807) is 0 Å². The van der Waals surface area contributed by atoms with Crippen LogP contribution >= 0.6 is 11.3 Å². The molecule has 0 atom stereocenters. The molecule has 2 amide bonds. The lowest BCUT2D eigenvalue weighted by Gasteiger charge is -2.21. The molecule has 1 heterocycles. The number of aromatic nitrogens is 1. The fourth-order valence-electron chi connectivity index (χ4n) is 3.16. The van der Waals surface area contributed by atoms with E-state index < -0.39 is 0 Å². The van der Waals surface area contributed by atoms with Gasteiger partial charge in [0, 0.05) is 29.6 Å². The molecule has 1 aliphatic carbocycles. The minimum absolute atomic E-state index is 0.0316. The second kappa shape index (κ2) is 8.84. The summed E-state index contributed by atoms with van der Waals surface area (Å²) < 4.78 is 0. The van der Waals surface area contributed by atoms with Gasteiger partial charge in [0.05, 0.1) is 12.2 Å². The lowest BCUT2D eigenvalue weighted by atomic mass is 10.1. The molecule has 6 nitrogen and oxygen atoms in total. The molecule has 0 aliphatic heterocycles. The maximum Gasteiger partial charge on any atom is 0.238 e. The molecule has 2 aromatic rings. The zero-order valence-electron chi connectivity index (χ0n) is 17.0. The highest BCUT2D eigenvalue weighted by Gasteiger charge is 2.30. The number of benzene rings is 1. The summed E-state index contributed by atoms with van der Waals surface area (Å²) in [5.74, 6) is -0.0922. The number of thiazole rings is 1. The molecule has 0 unspecified atom stereocenters. The first-order valence-corrected chi connectivity index (χ1v) is 10.5. The predicted octanol–water partition coefficient (Wildman–Crippen LogP) is 3.81. The second-order valence-corrected chi connectivity index (χ2v) is 8.68. The number of rotatable bonds is 8. The van der Waals surface area contributed by atoms with Crippen LogP contribution in [0.3, 0.4) is 0 Å². The van der Waals surface area contributed by atoms with Gasteiger partial charge in [-0.25, -0.2) is 4.98 Å². The fraction of sp³-hybridized carbons (Fsp3) is 0.476. The Hall–Kier alpha value is -2.25. The van der Waals surface area contributed by atoms with Gasteiger partial charge in [-0.15, -0.1) is 11.3 Å². The van der Waals surface area contributed by atoms with Crippen LogP contribution in [-0.2, 0) is 9.59 Å². The van der Waals surface area contributed by atoms with Crippen molar-refractivity contribution in [3.05, 3.63) is 39.9 Å². The minimum atomic E-state index is -0.0606. The highest BCUT2D eigenvalue weighted by atomic mass is 32.1. The van der Waals surface area contributed by atoms with Gasteiger partial charge in [-0.05, 0) is 51.7 Å². The van der Waals surface area contributed by atoms with E-state index in [-0.39, 0.29) is 11.8 Å². The number of anilines is 2. The Morgan fingerprint density at radius 1 is 1.11 bits per heavy atom. The van der Waals surface area contributed by atoms with E-state index in [2.05, 4.69) is 20.5 Å². The van der Waals surface area contributed by atoms with Crippen molar-refractivity contribution in [3.8, 4) is 0 Å². The van der Waals surface area contributed by atoms with Crippen molar-refractivity contribution in [2.24, 2.45) is 0 Å². The summed E-state index contributed by atoms with van der Waals surface area (Å²) in [5.41, 5.74) is 3.94. The number of carbonyl (C=O) groups excluding carboxylic acids is 2. The third kappa shape index (κ3) is 5.39. The third-order valence-corrected chi connectivity index (χ3v) is 6.04. The number of aryl methyl sites for hydroxylation is 4. The van der Waals surface area contributed by atoms with Gasteiger partial charge in [0.25, 0.3) is 0 Å². The van der Waals surface area contributed by atoms with Crippen molar-refractivity contribution in [3.63, 3.8) is 0 Å². The van der Waals surface area contributed by atoms with Gasteiger partial charge in [-0.3, -0.25) is 14.5 Å². The van der Waals surface area contributed by atoms with Gasteiger partial charge in [0.1, 0.15) is 0 Å². The van der Waals surface area contributed by atoms with Crippen LogP contribution in [0.15, 0.2) is 18.2 Å². The smallest absolute Gasteiger partial charge is 0.238 e. The van der Waals surface area contributed by atoms with E-state index in [9.17, 15) is 9.59 Å². The summed E-state index contributed by atoms with van der Waals surface area (Å²) >= 11 is 1.49. The van der Waals surface area contributed by atoms with E-state index in [0.29, 0.717) is 30.7 Å². The highest BCUT2D eigenvalue weighted by molar-refractivity contribution is 7.15. The zero-order valence-corrected chi connectivity index (χ0v) is 17.8. The van der Waals surface area contributed by atoms with Crippen LogP contribution in [0.1, 0.15) is 41.0 Å². The number of nitrogens with zero attached hydrogens (tertiary/aromatic N) is 2. The molecule has 0 bridgehead atoms. The lowest BCUT2D eigenvalue weighted by molar-refractivity contribution is -0.119. The monoisotopic (exact) mass is 400 g/mol. The Balaban J connectivity index is 1.52. The topological polar surface area (TPSA) is 74.3 Å². The average molecular weight is 401 g/mol. The molecule has 0 saturated heterocycles. The first-order chi connectivity index (χ1) is 13.3. The molecule has 1 aliphatic rings. The minimum Gasteiger partial charge on any atom is -0.324 e. The molecule has 1 saturated carbocycles. The lowest BCUT2D eigenvalue weighted by Crippen LogP contribution is -2.37. The van der Waals surface area contributed by atoms with Gasteiger partial charge < -0.3 is 10.6 Å². The summed E-state index contributed by atoms with van der Waals surface area (Å²) in [6, 6.07) is 6.38. The van der Waals surface area contributed by atoms with Crippen LogP contribution < -0.4 is 10.6 Å². The van der Waals surface area contributed by atoms with Crippen molar-refractivity contribution in [1.82, 2.24) is 9.88 Å². The highest BCUT2D eigenvalue weighted by Crippen LogP contribution is 2.27. The SMILES string of the molecule is Cc1cccc(C)c1NC(=O)CN(CCC(=O)Nc1nc(C)c(C)s1)C1CC1. The summed E-state index contributed by atoms with van der Waals surface area (Å²) in [6.07, 6.45) is 2.52. The van der Waals surface area contributed by atoms with Crippen molar-refractivity contribution < 1.29 is 9.59 Å². The predicted molar refractivity (Wildman–Crippen MR) is 114 cm³/mol. The standard InChI is InChI=1S/C21H28N4O2S/c1-13-6-5-7-14(2)20(13)23-19(27)12-25(17-8-9-17)11-10-18(26)24-21-22-15(3)16(4)28-21/h5-7,17H,8-12H2,1-4H3,(H,23,27)(H,22,24,26). The molecular weight excluding hydrogens is 372 g/mol. The number of carbonyl (C=O) groups is 2. The van der Waals surface area contributed by atoms with Gasteiger partial charge in [-0.1, -0.05) is 18.2 Å². The molecule has 7 heteroatoms. The van der Waals surface area contributed by atoms with Crippen LogP contribution in [-0.4, -0.2) is 40.8 Å². The summed E-state index contributed by atoms with van der Waals surface area (Å²) in [5, 5.41) is 6.55. The summed E-state index contributed by atoms with van der Waals surface area (Å²) in [7, 11) is 0. The van der Waals surface area contributed by atoms with Gasteiger partial charge in [0.15, 0.2) is 5.13 Å². The van der Waals surface area contributed by atoms with Gasteiger partial charge in [0.2, 0.25) is 11.8 Å². The van der Waals surface area contributed by atoms with Crippen LogP contribution in [0.5, 0.6) is 0 Å². The van der Waals surface area contributed by atoms with E-state index in [4.69, 9.17) is 0 Å². The maximum absolute atomic E-state index is 12.6. The van der Waals surface area contributed by atoms with E-state index in [1.807, 2.05) is 45.9 Å². The number of hydrogen-bond acceptors (Lipinski definition) is 5. The van der Waals surface area contributed by atoms with Crippen LogP contribution in [0.2, 0.25) is 0 Å². The van der Waals surface area contributed by atoms with Crippen molar-refractivity contribution in [2.45, 2.75) is 53.0 Å². The average Bonchev–Trinajstić information content (AvgIpc) is 3.42. The quantitative estimate of drug-likeness (QED) is 0.707. The Kier molecular flexibility index (Phi) is 6.46. The molecule has 3 rings (SSSR count). The maximum atomic E-state index is 12.6. The normalized spacial score (nSPS) is 13.6. The molecule has 1 aromatic carbocycles. The number of nitrogens with one attached hydrogen (secondary N) is 2. The van der Waals surface area contributed by atoms with Crippen molar-refractivity contribution in [1.29, 1.82) is 0 Å². The molecule has 2 N–H and O–H groups in total. The number of amides is 2. The number of para-hydroxylation sites is 1. The Morgan fingerprint density at radius 3 is 2.36 bits per heavy atom. The van der Waals surface area contributed by atoms with Crippen molar-refractivity contribution in [2.75, 3.05) is 23.7 Å². The summed E-state index contributed by atoms with van der Waals surface area (Å²) in [6.45, 7) is 8.79. The molecular formula is C21H28N4O2S. The van der Waals surface area contributed by atoms with E-state index >= 15 is 0 Å². The molecule has 1 fully saturated rings. The molecule has 150 valence electrons. The number of hydrogen-bond donors (Lipinski definition) is 2. The fourth-order valence-corrected chi connectivity index (χ4v) is 3.99. The third-order valence-electron chi connectivity index (χ3n) is 5.06. The Bertz CT molecular complexity index is 834. The van der Waals surface area contributed by atoms with E-state index in [0.717, 1.165) is 40.2 Å². The zero-order chi connectivity index (χ0) is 20.3. The Labute approximate surface area is 170 Å². The van der Waals surface area contributed by atoms with Crippen LogP contribution in [0.25, 0.3) is 0 Å². The van der Waals surface area contributed by atoms with Gasteiger partial charge in [-0.2, -0.15) is 0 Å². The van der Waals surface area contributed by atoms with Gasteiger partial charge >= 0.3 is 0 Å². The summed E-state index contributed by atoms with van der Waals surface area (Å²) in [4.78, 5) is 32.4. The van der Waals surface area contributed by atoms with Crippen molar-refractivity contribution >= 4 is 34.0 Å². The molecule has 28 heavy (non-hydrogen) atoms. The Morgan fingerprint density at radius 2 is 1.79 bits per heavy atom.